The molecule has 4 amide bonds. The molecule has 2 aliphatic rings. The third-order valence-electron chi connectivity index (χ3n) is 3.34. The third kappa shape index (κ3) is 1.16. The van der Waals surface area contributed by atoms with Crippen molar-refractivity contribution in [2.75, 3.05) is 0 Å². The maximum Gasteiger partial charge on any atom is 0.331 e. The molecule has 17 heavy (non-hydrogen) atoms. The minimum atomic E-state index is -0.626. The molecule has 5 heteroatoms. The summed E-state index contributed by atoms with van der Waals surface area (Å²) in [6, 6.07) is 5.94. The van der Waals surface area contributed by atoms with Gasteiger partial charge in [-0.1, -0.05) is 25.1 Å². The minimum Gasteiger partial charge on any atom is -0.277 e. The van der Waals surface area contributed by atoms with Gasteiger partial charge in [0.2, 0.25) is 5.91 Å². The average molecular weight is 230 g/mol. The van der Waals surface area contributed by atoms with Crippen LogP contribution in [-0.4, -0.2) is 22.7 Å². The molecule has 0 bridgehead atoms. The van der Waals surface area contributed by atoms with Crippen LogP contribution in [-0.2, 0) is 4.79 Å². The molecule has 2 unspecified atom stereocenters. The van der Waals surface area contributed by atoms with Gasteiger partial charge in [-0.3, -0.25) is 19.8 Å². The van der Waals surface area contributed by atoms with E-state index in [1.807, 2.05) is 0 Å². The molecule has 1 N–H and O–H groups in total. The Kier molecular flexibility index (Phi) is 1.86. The monoisotopic (exact) mass is 230 g/mol. The molecule has 86 valence electrons. The number of fused-ring (bicyclic) bond motifs is 3. The molecule has 1 fully saturated rings. The normalized spacial score (nSPS) is 26.6. The number of nitrogens with one attached hydrogen (secondary N) is 1. The fraction of sp³-hybridized carbons (Fsp3) is 0.250. The van der Waals surface area contributed by atoms with Crippen LogP contribution in [0.1, 0.15) is 28.9 Å². The summed E-state index contributed by atoms with van der Waals surface area (Å²) in [5, 5.41) is 2.19. The first-order chi connectivity index (χ1) is 8.11. The lowest BCUT2D eigenvalue weighted by Gasteiger charge is -2.32. The Morgan fingerprint density at radius 1 is 1.18 bits per heavy atom. The van der Waals surface area contributed by atoms with E-state index in [0.29, 0.717) is 5.56 Å². The summed E-state index contributed by atoms with van der Waals surface area (Å²) >= 11 is 0. The first-order valence-corrected chi connectivity index (χ1v) is 5.38. The summed E-state index contributed by atoms with van der Waals surface area (Å²) in [5.41, 5.74) is 1.27. The first kappa shape index (κ1) is 10.0. The molecule has 0 saturated carbocycles. The van der Waals surface area contributed by atoms with Crippen molar-refractivity contribution in [3.05, 3.63) is 35.4 Å². The molecule has 3 rings (SSSR count). The topological polar surface area (TPSA) is 66.5 Å². The van der Waals surface area contributed by atoms with Crippen molar-refractivity contribution >= 4 is 17.8 Å². The van der Waals surface area contributed by atoms with E-state index in [1.54, 1.807) is 31.2 Å². The van der Waals surface area contributed by atoms with Gasteiger partial charge in [0.05, 0.1) is 12.0 Å². The zero-order valence-corrected chi connectivity index (χ0v) is 9.14. The van der Waals surface area contributed by atoms with Crippen molar-refractivity contribution in [3.8, 4) is 0 Å². The third-order valence-corrected chi connectivity index (χ3v) is 3.34. The van der Waals surface area contributed by atoms with Gasteiger partial charge in [-0.15, -0.1) is 0 Å². The Morgan fingerprint density at radius 2 is 1.88 bits per heavy atom. The summed E-state index contributed by atoms with van der Waals surface area (Å²) in [6.07, 6.45) is 0. The molecule has 0 aliphatic carbocycles. The average Bonchev–Trinajstić information content (AvgIpc) is 2.61. The van der Waals surface area contributed by atoms with Crippen LogP contribution < -0.4 is 5.32 Å². The second-order valence-corrected chi connectivity index (χ2v) is 4.29. The van der Waals surface area contributed by atoms with Crippen LogP contribution in [0.3, 0.4) is 0 Å². The quantitative estimate of drug-likeness (QED) is 0.725. The van der Waals surface area contributed by atoms with Gasteiger partial charge in [0.25, 0.3) is 5.91 Å². The Balaban J connectivity index is 2.19. The Bertz CT molecular complexity index is 552. The molecule has 2 aliphatic heterocycles. The van der Waals surface area contributed by atoms with E-state index >= 15 is 0 Å². The van der Waals surface area contributed by atoms with E-state index in [-0.39, 0.29) is 11.8 Å². The van der Waals surface area contributed by atoms with Gasteiger partial charge in [-0.05, 0) is 11.6 Å². The first-order valence-electron chi connectivity index (χ1n) is 5.38. The van der Waals surface area contributed by atoms with Crippen LogP contribution >= 0.6 is 0 Å². The number of carbonyl (C=O) groups excluding carboxylic acids is 3. The summed E-state index contributed by atoms with van der Waals surface area (Å²) in [5.74, 6) is -1.08. The van der Waals surface area contributed by atoms with Gasteiger partial charge in [0.1, 0.15) is 0 Å². The predicted octanol–water partition coefficient (Wildman–Crippen LogP) is 1.07. The van der Waals surface area contributed by atoms with E-state index in [4.69, 9.17) is 0 Å². The smallest absolute Gasteiger partial charge is 0.277 e. The summed E-state index contributed by atoms with van der Waals surface area (Å²) in [4.78, 5) is 36.5. The van der Waals surface area contributed by atoms with Gasteiger partial charge >= 0.3 is 6.03 Å². The number of hydrogen-bond acceptors (Lipinski definition) is 3. The van der Waals surface area contributed by atoms with E-state index < -0.39 is 18.0 Å². The summed E-state index contributed by atoms with van der Waals surface area (Å²) < 4.78 is 0. The predicted molar refractivity (Wildman–Crippen MR) is 58.1 cm³/mol. The highest BCUT2D eigenvalue weighted by Gasteiger charge is 2.48. The number of imide groups is 2. The molecule has 0 spiro atoms. The highest BCUT2D eigenvalue weighted by atomic mass is 16.2. The highest BCUT2D eigenvalue weighted by Crippen LogP contribution is 2.40. The molecule has 0 radical (unpaired) electrons. The van der Waals surface area contributed by atoms with Crippen molar-refractivity contribution in [3.63, 3.8) is 0 Å². The fourth-order valence-electron chi connectivity index (χ4n) is 2.48. The standard InChI is InChI=1S/C12H10N2O3/c1-6-9-7-4-2-3-5-8(7)11(16)14(9)12(17)13-10(6)15/h2-6,9H,1H3,(H,13,15,17). The second-order valence-electron chi connectivity index (χ2n) is 4.29. The van der Waals surface area contributed by atoms with Crippen LogP contribution in [0.15, 0.2) is 24.3 Å². The molecular weight excluding hydrogens is 220 g/mol. The molecule has 1 aromatic rings. The van der Waals surface area contributed by atoms with E-state index in [9.17, 15) is 14.4 Å². The molecule has 0 aromatic heterocycles. The molecule has 1 aromatic carbocycles. The number of hydrogen-bond donors (Lipinski definition) is 1. The van der Waals surface area contributed by atoms with Gasteiger partial charge in [0.15, 0.2) is 0 Å². The van der Waals surface area contributed by atoms with Crippen LogP contribution in [0.2, 0.25) is 0 Å². The lowest BCUT2D eigenvalue weighted by Crippen LogP contribution is -2.54. The molecule has 2 atom stereocenters. The molecule has 2 heterocycles. The number of carbonyl (C=O) groups is 3. The number of rotatable bonds is 0. The van der Waals surface area contributed by atoms with Gasteiger partial charge in [-0.25, -0.2) is 4.79 Å². The van der Waals surface area contributed by atoms with Crippen molar-refractivity contribution < 1.29 is 14.4 Å². The maximum absolute atomic E-state index is 12.0. The zero-order chi connectivity index (χ0) is 12.2. The lowest BCUT2D eigenvalue weighted by molar-refractivity contribution is -0.126. The van der Waals surface area contributed by atoms with Crippen molar-refractivity contribution in [1.82, 2.24) is 10.2 Å². The SMILES string of the molecule is CC1C(=O)NC(=O)N2C(=O)c3ccccc3C12. The number of urea groups is 1. The molecular formula is C12H10N2O3. The lowest BCUT2D eigenvalue weighted by atomic mass is 9.92. The molecule has 1 saturated heterocycles. The van der Waals surface area contributed by atoms with Gasteiger partial charge in [0, 0.05) is 5.56 Å². The van der Waals surface area contributed by atoms with Crippen LogP contribution in [0.4, 0.5) is 4.79 Å². The van der Waals surface area contributed by atoms with Crippen molar-refractivity contribution in [2.45, 2.75) is 13.0 Å². The van der Waals surface area contributed by atoms with E-state index in [0.717, 1.165) is 10.5 Å². The highest BCUT2D eigenvalue weighted by molar-refractivity contribution is 6.13. The van der Waals surface area contributed by atoms with Crippen LogP contribution in [0.5, 0.6) is 0 Å². The van der Waals surface area contributed by atoms with Gasteiger partial charge in [-0.2, -0.15) is 0 Å². The van der Waals surface area contributed by atoms with Crippen LogP contribution in [0, 0.1) is 5.92 Å². The van der Waals surface area contributed by atoms with Crippen LogP contribution in [0.25, 0.3) is 0 Å². The number of benzene rings is 1. The Hall–Kier alpha value is -2.17. The van der Waals surface area contributed by atoms with Crippen molar-refractivity contribution in [1.29, 1.82) is 0 Å². The van der Waals surface area contributed by atoms with E-state index in [2.05, 4.69) is 5.32 Å². The summed E-state index contributed by atoms with van der Waals surface area (Å²) in [6.45, 7) is 1.72. The number of amides is 4. The number of nitrogens with zero attached hydrogens (tertiary/aromatic N) is 1. The Labute approximate surface area is 97.4 Å². The van der Waals surface area contributed by atoms with E-state index in [1.165, 1.54) is 0 Å². The fourth-order valence-corrected chi connectivity index (χ4v) is 2.48. The zero-order valence-electron chi connectivity index (χ0n) is 9.14. The largest absolute Gasteiger partial charge is 0.331 e. The minimum absolute atomic E-state index is 0.331. The molecule has 5 nitrogen and oxygen atoms in total. The Morgan fingerprint density at radius 3 is 2.65 bits per heavy atom. The second kappa shape index (κ2) is 3.16. The summed E-state index contributed by atoms with van der Waals surface area (Å²) in [7, 11) is 0. The van der Waals surface area contributed by atoms with Gasteiger partial charge < -0.3 is 0 Å². The van der Waals surface area contributed by atoms with Crippen molar-refractivity contribution in [2.24, 2.45) is 5.92 Å². The maximum atomic E-state index is 12.0.